The van der Waals surface area contributed by atoms with Gasteiger partial charge in [0.2, 0.25) is 0 Å². The molecule has 0 aliphatic heterocycles. The Morgan fingerprint density at radius 3 is 2.71 bits per heavy atom. The number of ether oxygens (including phenoxy) is 1. The van der Waals surface area contributed by atoms with Crippen LogP contribution in [-0.2, 0) is 4.79 Å². The Bertz CT molecular complexity index is 351. The third kappa shape index (κ3) is 2.00. The highest BCUT2D eigenvalue weighted by molar-refractivity contribution is 5.75. The van der Waals surface area contributed by atoms with Crippen molar-refractivity contribution < 1.29 is 24.1 Å². The van der Waals surface area contributed by atoms with Crippen molar-refractivity contribution in [3.05, 3.63) is 29.6 Å². The van der Waals surface area contributed by atoms with E-state index in [4.69, 9.17) is 9.84 Å². The topological polar surface area (TPSA) is 66.8 Å². The number of carboxylic acid groups (broad SMARTS) is 1. The molecule has 14 heavy (non-hydrogen) atoms. The highest BCUT2D eigenvalue weighted by Crippen LogP contribution is 2.25. The molecule has 0 spiro atoms. The van der Waals surface area contributed by atoms with Crippen LogP contribution in [0.2, 0.25) is 0 Å². The molecule has 76 valence electrons. The minimum atomic E-state index is -1.70. The van der Waals surface area contributed by atoms with Crippen LogP contribution in [0.5, 0.6) is 5.75 Å². The van der Waals surface area contributed by atoms with Crippen LogP contribution in [0.3, 0.4) is 0 Å². The van der Waals surface area contributed by atoms with E-state index in [-0.39, 0.29) is 11.3 Å². The average Bonchev–Trinajstić information content (AvgIpc) is 2.16. The molecule has 0 bridgehead atoms. The summed E-state index contributed by atoms with van der Waals surface area (Å²) < 4.78 is 17.4. The molecule has 0 amide bonds. The summed E-state index contributed by atoms with van der Waals surface area (Å²) in [6, 6.07) is 3.25. The Hall–Kier alpha value is -1.62. The molecule has 0 aliphatic rings. The van der Waals surface area contributed by atoms with E-state index >= 15 is 0 Å². The van der Waals surface area contributed by atoms with Gasteiger partial charge in [0.05, 0.1) is 7.11 Å². The first-order chi connectivity index (χ1) is 6.56. The molecule has 2 N–H and O–H groups in total. The fraction of sp³-hybridized carbons (Fsp3) is 0.222. The lowest BCUT2D eigenvalue weighted by molar-refractivity contribution is -0.147. The number of hydrogen-bond donors (Lipinski definition) is 2. The summed E-state index contributed by atoms with van der Waals surface area (Å²) in [6.07, 6.45) is -1.70. The molecule has 0 unspecified atom stereocenters. The van der Waals surface area contributed by atoms with Gasteiger partial charge in [-0.2, -0.15) is 0 Å². The minimum absolute atomic E-state index is 0.0138. The van der Waals surface area contributed by atoms with Crippen LogP contribution >= 0.6 is 0 Å². The predicted octanol–water partition coefficient (Wildman–Crippen LogP) is 0.952. The number of carbonyl (C=O) groups is 1. The highest BCUT2D eigenvalue weighted by atomic mass is 19.1. The van der Waals surface area contributed by atoms with Gasteiger partial charge in [0.15, 0.2) is 6.10 Å². The third-order valence-corrected chi connectivity index (χ3v) is 1.72. The number of aliphatic hydroxyl groups excluding tert-OH is 1. The lowest BCUT2D eigenvalue weighted by atomic mass is 10.1. The van der Waals surface area contributed by atoms with E-state index in [9.17, 15) is 14.3 Å². The van der Waals surface area contributed by atoms with Gasteiger partial charge < -0.3 is 14.9 Å². The van der Waals surface area contributed by atoms with E-state index in [1.54, 1.807) is 0 Å². The standard InChI is InChI=1S/C9H9FO4/c1-14-7-4-5(10)2-3-6(7)8(11)9(12)13/h2-4,8,11H,1H3,(H,12,13)/t8-/m0/s1. The second-order valence-corrected chi connectivity index (χ2v) is 2.63. The van der Waals surface area contributed by atoms with Gasteiger partial charge in [0.25, 0.3) is 0 Å². The number of halogens is 1. The summed E-state index contributed by atoms with van der Waals surface area (Å²) in [5.74, 6) is -1.95. The monoisotopic (exact) mass is 200 g/mol. The SMILES string of the molecule is COc1cc(F)ccc1[C@H](O)C(=O)O. The minimum Gasteiger partial charge on any atom is -0.496 e. The number of carboxylic acids is 1. The van der Waals surface area contributed by atoms with Crippen molar-refractivity contribution in [3.63, 3.8) is 0 Å². The summed E-state index contributed by atoms with van der Waals surface area (Å²) >= 11 is 0. The summed E-state index contributed by atoms with van der Waals surface area (Å²) in [5.41, 5.74) is 0.0291. The zero-order chi connectivity index (χ0) is 10.7. The number of benzene rings is 1. The van der Waals surface area contributed by atoms with Gasteiger partial charge in [-0.15, -0.1) is 0 Å². The normalized spacial score (nSPS) is 12.2. The van der Waals surface area contributed by atoms with Crippen LogP contribution in [0.1, 0.15) is 11.7 Å². The van der Waals surface area contributed by atoms with Crippen LogP contribution in [0, 0.1) is 5.82 Å². The van der Waals surface area contributed by atoms with Gasteiger partial charge in [-0.3, -0.25) is 0 Å². The van der Waals surface area contributed by atoms with Crippen LogP contribution in [0.4, 0.5) is 4.39 Å². The van der Waals surface area contributed by atoms with Crippen LogP contribution in [-0.4, -0.2) is 23.3 Å². The molecule has 5 heteroatoms. The Morgan fingerprint density at radius 1 is 1.57 bits per heavy atom. The van der Waals surface area contributed by atoms with Crippen LogP contribution in [0.25, 0.3) is 0 Å². The van der Waals surface area contributed by atoms with Crippen molar-refractivity contribution in [2.75, 3.05) is 7.11 Å². The van der Waals surface area contributed by atoms with Crippen molar-refractivity contribution in [2.24, 2.45) is 0 Å². The van der Waals surface area contributed by atoms with Crippen molar-refractivity contribution >= 4 is 5.97 Å². The quantitative estimate of drug-likeness (QED) is 0.762. The molecule has 0 radical (unpaired) electrons. The predicted molar refractivity (Wildman–Crippen MR) is 45.5 cm³/mol. The fourth-order valence-electron chi connectivity index (χ4n) is 1.04. The van der Waals surface area contributed by atoms with E-state index in [0.717, 1.165) is 12.1 Å². The zero-order valence-electron chi connectivity index (χ0n) is 7.40. The fourth-order valence-corrected chi connectivity index (χ4v) is 1.04. The van der Waals surface area contributed by atoms with Crippen LogP contribution in [0.15, 0.2) is 18.2 Å². The first-order valence-corrected chi connectivity index (χ1v) is 3.80. The van der Waals surface area contributed by atoms with Crippen molar-refractivity contribution in [1.29, 1.82) is 0 Å². The van der Waals surface area contributed by atoms with Crippen molar-refractivity contribution in [2.45, 2.75) is 6.10 Å². The molecule has 1 aromatic carbocycles. The summed E-state index contributed by atoms with van der Waals surface area (Å²) in [5, 5.41) is 17.7. The molecule has 1 atom stereocenters. The molecule has 0 aromatic heterocycles. The number of methoxy groups -OCH3 is 1. The van der Waals surface area contributed by atoms with Gasteiger partial charge in [0, 0.05) is 11.6 Å². The van der Waals surface area contributed by atoms with Crippen LogP contribution < -0.4 is 4.74 Å². The molecule has 0 aliphatic carbocycles. The van der Waals surface area contributed by atoms with Gasteiger partial charge in [-0.1, -0.05) is 0 Å². The lowest BCUT2D eigenvalue weighted by Gasteiger charge is -2.10. The molecule has 0 saturated carbocycles. The molecular weight excluding hydrogens is 191 g/mol. The first kappa shape index (κ1) is 10.5. The first-order valence-electron chi connectivity index (χ1n) is 3.80. The van der Waals surface area contributed by atoms with Gasteiger partial charge >= 0.3 is 5.97 Å². The summed E-state index contributed by atoms with van der Waals surface area (Å²) in [7, 11) is 1.27. The lowest BCUT2D eigenvalue weighted by Crippen LogP contribution is -2.11. The van der Waals surface area contributed by atoms with E-state index in [2.05, 4.69) is 0 Å². The number of aliphatic hydroxyl groups is 1. The Morgan fingerprint density at radius 2 is 2.21 bits per heavy atom. The van der Waals surface area contributed by atoms with E-state index in [1.165, 1.54) is 13.2 Å². The Balaban J connectivity index is 3.13. The molecular formula is C9H9FO4. The van der Waals surface area contributed by atoms with Gasteiger partial charge in [-0.25, -0.2) is 9.18 Å². The maximum atomic E-state index is 12.7. The van der Waals surface area contributed by atoms with Gasteiger partial charge in [0.1, 0.15) is 11.6 Å². The number of rotatable bonds is 3. The summed E-state index contributed by atoms with van der Waals surface area (Å²) in [6.45, 7) is 0. The second-order valence-electron chi connectivity index (χ2n) is 2.63. The number of aliphatic carboxylic acids is 1. The molecule has 1 aromatic rings. The van der Waals surface area contributed by atoms with E-state index < -0.39 is 17.9 Å². The van der Waals surface area contributed by atoms with E-state index in [0.29, 0.717) is 0 Å². The molecule has 4 nitrogen and oxygen atoms in total. The molecule has 0 heterocycles. The van der Waals surface area contributed by atoms with Gasteiger partial charge in [-0.05, 0) is 12.1 Å². The second kappa shape index (κ2) is 4.06. The summed E-state index contributed by atoms with van der Waals surface area (Å²) in [4.78, 5) is 10.5. The maximum Gasteiger partial charge on any atom is 0.337 e. The molecule has 0 fully saturated rings. The molecule has 0 saturated heterocycles. The largest absolute Gasteiger partial charge is 0.496 e. The van der Waals surface area contributed by atoms with E-state index in [1.807, 2.05) is 0 Å². The Kier molecular flexibility index (Phi) is 3.03. The maximum absolute atomic E-state index is 12.7. The Labute approximate surface area is 79.6 Å². The highest BCUT2D eigenvalue weighted by Gasteiger charge is 2.20. The zero-order valence-corrected chi connectivity index (χ0v) is 7.40. The van der Waals surface area contributed by atoms with Crippen molar-refractivity contribution in [1.82, 2.24) is 0 Å². The third-order valence-electron chi connectivity index (χ3n) is 1.72. The molecule has 1 rings (SSSR count). The number of hydrogen-bond acceptors (Lipinski definition) is 3. The average molecular weight is 200 g/mol. The smallest absolute Gasteiger partial charge is 0.337 e. The van der Waals surface area contributed by atoms with Crippen molar-refractivity contribution in [3.8, 4) is 5.75 Å².